The smallest absolute Gasteiger partial charge is 0.338 e. The highest BCUT2D eigenvalue weighted by Crippen LogP contribution is 2.32. The third-order valence-corrected chi connectivity index (χ3v) is 7.08. The van der Waals surface area contributed by atoms with Crippen molar-refractivity contribution in [2.45, 2.75) is 97.0 Å². The van der Waals surface area contributed by atoms with Gasteiger partial charge in [-0.15, -0.1) is 0 Å². The summed E-state index contributed by atoms with van der Waals surface area (Å²) in [5.41, 5.74) is 1.80. The van der Waals surface area contributed by atoms with Crippen LogP contribution in [0.2, 0.25) is 0 Å². The molecule has 0 amide bonds. The zero-order chi connectivity index (χ0) is 21.9. The molecule has 3 rings (SSSR count). The quantitative estimate of drug-likeness (QED) is 0.257. The van der Waals surface area contributed by atoms with Gasteiger partial charge in [-0.25, -0.2) is 4.79 Å². The monoisotopic (exact) mass is 420 g/mol. The number of carbonyl (C=O) groups is 1. The molecule has 1 aromatic carbocycles. The van der Waals surface area contributed by atoms with Crippen molar-refractivity contribution in [3.05, 3.63) is 47.5 Å². The topological polar surface area (TPSA) is 26.3 Å². The molecule has 2 fully saturated rings. The zero-order valence-electron chi connectivity index (χ0n) is 19.6. The van der Waals surface area contributed by atoms with E-state index in [-0.39, 0.29) is 12.1 Å². The molecule has 0 aliphatic heterocycles. The fourth-order valence-electron chi connectivity index (χ4n) is 4.94. The van der Waals surface area contributed by atoms with Gasteiger partial charge in [-0.05, 0) is 88.3 Å². The van der Waals surface area contributed by atoms with Gasteiger partial charge in [0, 0.05) is 5.92 Å². The summed E-state index contributed by atoms with van der Waals surface area (Å²) in [7, 11) is 0. The molecule has 0 spiro atoms. The molecule has 0 radical (unpaired) electrons. The van der Waals surface area contributed by atoms with Crippen LogP contribution in [0.3, 0.4) is 0 Å². The van der Waals surface area contributed by atoms with Crippen LogP contribution in [0.25, 0.3) is 0 Å². The molecule has 1 aromatic rings. The van der Waals surface area contributed by atoms with E-state index in [9.17, 15) is 4.79 Å². The Kier molecular flexibility index (Phi) is 9.73. The lowest BCUT2D eigenvalue weighted by Gasteiger charge is -2.26. The predicted molar refractivity (Wildman–Crippen MR) is 129 cm³/mol. The Morgan fingerprint density at radius 2 is 1.71 bits per heavy atom. The Balaban J connectivity index is 1.32. The van der Waals surface area contributed by atoms with Crippen LogP contribution in [0.4, 0.5) is 0 Å². The molecule has 2 aliphatic rings. The minimum Gasteiger partial charge on any atom is -0.459 e. The van der Waals surface area contributed by atoms with Crippen molar-refractivity contribution >= 4 is 5.97 Å². The van der Waals surface area contributed by atoms with Gasteiger partial charge in [0.25, 0.3) is 0 Å². The van der Waals surface area contributed by atoms with Crippen molar-refractivity contribution in [2.75, 3.05) is 0 Å². The lowest BCUT2D eigenvalue weighted by atomic mass is 9.79. The molecule has 0 saturated heterocycles. The minimum atomic E-state index is -0.197. The van der Waals surface area contributed by atoms with Crippen molar-refractivity contribution in [3.8, 4) is 11.8 Å². The van der Waals surface area contributed by atoms with Gasteiger partial charge >= 0.3 is 5.97 Å². The van der Waals surface area contributed by atoms with Gasteiger partial charge in [0.05, 0.1) is 5.56 Å². The number of hydrogen-bond acceptors (Lipinski definition) is 2. The molecular formula is C29H40O2. The second-order valence-electron chi connectivity index (χ2n) is 9.67. The molecule has 0 aromatic heterocycles. The van der Waals surface area contributed by atoms with E-state index in [1.165, 1.54) is 51.4 Å². The molecule has 168 valence electrons. The highest BCUT2D eigenvalue weighted by molar-refractivity contribution is 5.89. The van der Waals surface area contributed by atoms with Crippen LogP contribution >= 0.6 is 0 Å². The van der Waals surface area contributed by atoms with Crippen LogP contribution in [0.1, 0.15) is 99.9 Å². The highest BCUT2D eigenvalue weighted by Gasteiger charge is 2.23. The highest BCUT2D eigenvalue weighted by atomic mass is 16.5. The van der Waals surface area contributed by atoms with Crippen molar-refractivity contribution in [1.82, 2.24) is 0 Å². The van der Waals surface area contributed by atoms with Gasteiger partial charge in [-0.3, -0.25) is 0 Å². The Hall–Kier alpha value is -2.01. The Morgan fingerprint density at radius 1 is 1.00 bits per heavy atom. The van der Waals surface area contributed by atoms with Crippen LogP contribution in [0.5, 0.6) is 0 Å². The number of hydrogen-bond donors (Lipinski definition) is 0. The first-order chi connectivity index (χ1) is 15.1. The first-order valence-electron chi connectivity index (χ1n) is 12.6. The van der Waals surface area contributed by atoms with E-state index in [0.29, 0.717) is 11.5 Å². The molecule has 0 heterocycles. The number of esters is 1. The molecule has 2 heteroatoms. The van der Waals surface area contributed by atoms with Gasteiger partial charge in [0.15, 0.2) is 0 Å². The lowest BCUT2D eigenvalue weighted by molar-refractivity contribution is 0.0188. The average molecular weight is 421 g/mol. The van der Waals surface area contributed by atoms with Crippen molar-refractivity contribution < 1.29 is 9.53 Å². The maximum atomic E-state index is 12.3. The third kappa shape index (κ3) is 8.21. The van der Waals surface area contributed by atoms with Gasteiger partial charge in [-0.1, -0.05) is 68.2 Å². The Bertz CT molecular complexity index is 748. The van der Waals surface area contributed by atoms with Gasteiger partial charge in [0.2, 0.25) is 0 Å². The van der Waals surface area contributed by atoms with E-state index in [1.807, 2.05) is 31.2 Å². The minimum absolute atomic E-state index is 0.0370. The van der Waals surface area contributed by atoms with Gasteiger partial charge in [-0.2, -0.15) is 0 Å². The van der Waals surface area contributed by atoms with E-state index in [0.717, 1.165) is 43.1 Å². The number of ether oxygens (including phenoxy) is 1. The van der Waals surface area contributed by atoms with Gasteiger partial charge in [0.1, 0.15) is 6.10 Å². The van der Waals surface area contributed by atoms with Crippen molar-refractivity contribution in [3.63, 3.8) is 0 Å². The standard InChI is InChI=1S/C29H40O2/c1-3-4-5-8-24-13-15-25(16-14-24)9-6-7-10-26-17-21-28(22-18-26)31-29(30)27-19-11-23(2)12-20-27/h6,9,11-12,19-20,24-26,28H,3-5,8,13-18,21-22H2,1-2H3/t24-,25-,26-,28-. The summed E-state index contributed by atoms with van der Waals surface area (Å²) in [6.07, 6.45) is 19.4. The molecule has 0 bridgehead atoms. The first-order valence-corrected chi connectivity index (χ1v) is 12.6. The predicted octanol–water partition coefficient (Wildman–Crippen LogP) is 7.66. The van der Waals surface area contributed by atoms with Crippen LogP contribution in [-0.4, -0.2) is 12.1 Å². The summed E-state index contributed by atoms with van der Waals surface area (Å²) in [5.74, 6) is 8.68. The summed E-state index contributed by atoms with van der Waals surface area (Å²) in [4.78, 5) is 12.3. The number of aryl methyl sites for hydroxylation is 1. The van der Waals surface area contributed by atoms with Gasteiger partial charge < -0.3 is 4.74 Å². The largest absolute Gasteiger partial charge is 0.459 e. The molecule has 0 unspecified atom stereocenters. The molecular weight excluding hydrogens is 380 g/mol. The second kappa shape index (κ2) is 12.7. The van der Waals surface area contributed by atoms with Crippen LogP contribution in [-0.2, 0) is 4.74 Å². The third-order valence-electron chi connectivity index (χ3n) is 7.08. The fourth-order valence-corrected chi connectivity index (χ4v) is 4.94. The summed E-state index contributed by atoms with van der Waals surface area (Å²) < 4.78 is 5.71. The molecule has 2 nitrogen and oxygen atoms in total. The molecule has 0 N–H and O–H groups in total. The van der Waals surface area contributed by atoms with E-state index in [4.69, 9.17) is 4.74 Å². The normalized spacial score (nSPS) is 26.3. The summed E-state index contributed by atoms with van der Waals surface area (Å²) in [6.45, 7) is 4.31. The summed E-state index contributed by atoms with van der Waals surface area (Å²) >= 11 is 0. The van der Waals surface area contributed by atoms with E-state index in [1.54, 1.807) is 0 Å². The van der Waals surface area contributed by atoms with Crippen LogP contribution < -0.4 is 0 Å². The zero-order valence-corrected chi connectivity index (χ0v) is 19.6. The molecule has 0 atom stereocenters. The fraction of sp³-hybridized carbons (Fsp3) is 0.621. The second-order valence-corrected chi connectivity index (χ2v) is 9.67. The maximum Gasteiger partial charge on any atom is 0.338 e. The average Bonchev–Trinajstić information content (AvgIpc) is 2.79. The summed E-state index contributed by atoms with van der Waals surface area (Å²) in [6, 6.07) is 7.60. The number of unbranched alkanes of at least 4 members (excludes halogenated alkanes) is 2. The number of benzene rings is 1. The Labute approximate surface area is 189 Å². The number of rotatable bonds is 7. The molecule has 2 saturated carbocycles. The SMILES string of the molecule is CCCCC[C@H]1CC[C@H](C=CC#C[C@H]2CC[C@H](OC(=O)c3ccc(C)cc3)CC2)CC1. The van der Waals surface area contributed by atoms with Crippen molar-refractivity contribution in [2.24, 2.45) is 17.8 Å². The lowest BCUT2D eigenvalue weighted by Crippen LogP contribution is -2.24. The van der Waals surface area contributed by atoms with E-state index >= 15 is 0 Å². The summed E-state index contributed by atoms with van der Waals surface area (Å²) in [5, 5.41) is 0. The van der Waals surface area contributed by atoms with Crippen molar-refractivity contribution in [1.29, 1.82) is 0 Å². The van der Waals surface area contributed by atoms with Crippen LogP contribution in [0, 0.1) is 36.5 Å². The molecule has 2 aliphatic carbocycles. The maximum absolute atomic E-state index is 12.3. The Morgan fingerprint density at radius 3 is 2.39 bits per heavy atom. The number of carbonyl (C=O) groups excluding carboxylic acids is 1. The molecule has 31 heavy (non-hydrogen) atoms. The van der Waals surface area contributed by atoms with E-state index < -0.39 is 0 Å². The number of allylic oxidation sites excluding steroid dienone is 2. The van der Waals surface area contributed by atoms with E-state index in [2.05, 4.69) is 30.9 Å². The first kappa shape index (κ1) is 23.6. The van der Waals surface area contributed by atoms with Crippen LogP contribution in [0.15, 0.2) is 36.4 Å².